The fraction of sp³-hybridized carbons (Fsp3) is 0.130. The molecule has 8 nitrogen and oxygen atoms in total. The first-order valence-electron chi connectivity index (χ1n) is 9.82. The van der Waals surface area contributed by atoms with Crippen molar-refractivity contribution >= 4 is 22.6 Å². The minimum absolute atomic E-state index is 0.0483. The zero-order valence-corrected chi connectivity index (χ0v) is 17.2. The van der Waals surface area contributed by atoms with E-state index in [9.17, 15) is 14.0 Å². The lowest BCUT2D eigenvalue weighted by Crippen LogP contribution is -2.49. The summed E-state index contributed by atoms with van der Waals surface area (Å²) in [7, 11) is 0. The average Bonchev–Trinajstić information content (AvgIpc) is 2.80. The summed E-state index contributed by atoms with van der Waals surface area (Å²) in [4.78, 5) is 24.4. The number of hydroxylamine groups is 1. The van der Waals surface area contributed by atoms with Gasteiger partial charge in [-0.3, -0.25) is 14.8 Å². The van der Waals surface area contributed by atoms with Gasteiger partial charge in [-0.25, -0.2) is 15.7 Å². The molecule has 1 atom stereocenters. The maximum atomic E-state index is 13.0. The van der Waals surface area contributed by atoms with Crippen molar-refractivity contribution in [2.75, 3.05) is 6.54 Å². The Morgan fingerprint density at radius 1 is 1.06 bits per heavy atom. The summed E-state index contributed by atoms with van der Waals surface area (Å²) in [5, 5.41) is 14.9. The normalized spacial score (nSPS) is 12.3. The number of fused-ring (bicyclic) bond motifs is 1. The molecular formula is C23H24FN5O3. The number of hydrogen-bond donors (Lipinski definition) is 5. The number of hydrogen-bond acceptors (Lipinski definition) is 6. The van der Waals surface area contributed by atoms with E-state index in [2.05, 4.69) is 5.32 Å². The molecule has 9 heteroatoms. The van der Waals surface area contributed by atoms with E-state index in [4.69, 9.17) is 16.8 Å². The van der Waals surface area contributed by atoms with Crippen molar-refractivity contribution in [3.63, 3.8) is 0 Å². The Labute approximate surface area is 184 Å². The minimum Gasteiger partial charge on any atom is -0.399 e. The number of nitrogens with one attached hydrogen (secondary N) is 2. The summed E-state index contributed by atoms with van der Waals surface area (Å²) >= 11 is 0. The van der Waals surface area contributed by atoms with Crippen LogP contribution in [0, 0.1) is 5.82 Å². The first kappa shape index (κ1) is 22.7. The van der Waals surface area contributed by atoms with Gasteiger partial charge in [-0.15, -0.1) is 0 Å². The lowest BCUT2D eigenvalue weighted by molar-refractivity contribution is -0.134. The highest BCUT2D eigenvalue weighted by Crippen LogP contribution is 2.17. The number of benzene rings is 3. The van der Waals surface area contributed by atoms with E-state index < -0.39 is 23.7 Å². The molecule has 3 aromatic rings. The van der Waals surface area contributed by atoms with Gasteiger partial charge in [-0.1, -0.05) is 42.5 Å². The maximum absolute atomic E-state index is 13.0. The molecule has 0 bridgehead atoms. The van der Waals surface area contributed by atoms with Crippen molar-refractivity contribution in [1.29, 1.82) is 0 Å². The summed E-state index contributed by atoms with van der Waals surface area (Å²) in [6.07, 6.45) is 1.52. The smallest absolute Gasteiger partial charge is 0.267 e. The van der Waals surface area contributed by atoms with E-state index in [1.165, 1.54) is 30.5 Å². The van der Waals surface area contributed by atoms with Crippen molar-refractivity contribution in [3.8, 4) is 0 Å². The minimum atomic E-state index is -0.951. The van der Waals surface area contributed by atoms with Crippen molar-refractivity contribution in [1.82, 2.24) is 15.8 Å². The topological polar surface area (TPSA) is 134 Å². The van der Waals surface area contributed by atoms with Gasteiger partial charge in [0, 0.05) is 23.9 Å². The van der Waals surface area contributed by atoms with Crippen LogP contribution >= 0.6 is 0 Å². The van der Waals surface area contributed by atoms with Crippen LogP contribution < -0.4 is 22.4 Å². The molecular weight excluding hydrogens is 413 g/mol. The Morgan fingerprint density at radius 3 is 2.44 bits per heavy atom. The Bertz CT molecular complexity index is 1130. The number of rotatable bonds is 8. The van der Waals surface area contributed by atoms with E-state index in [1.807, 2.05) is 42.5 Å². The molecule has 0 radical (unpaired) electrons. The van der Waals surface area contributed by atoms with Crippen LogP contribution in [0.4, 0.5) is 4.39 Å². The van der Waals surface area contributed by atoms with Gasteiger partial charge in [-0.05, 0) is 40.6 Å². The van der Waals surface area contributed by atoms with Crippen molar-refractivity contribution in [3.05, 3.63) is 95.6 Å². The largest absolute Gasteiger partial charge is 0.399 e. The van der Waals surface area contributed by atoms with Gasteiger partial charge >= 0.3 is 0 Å². The van der Waals surface area contributed by atoms with Crippen LogP contribution in [0.25, 0.3) is 10.8 Å². The van der Waals surface area contributed by atoms with Crippen molar-refractivity contribution in [2.45, 2.75) is 12.5 Å². The summed E-state index contributed by atoms with van der Waals surface area (Å²) < 4.78 is 13.0. The Hall–Kier alpha value is -3.95. The lowest BCUT2D eigenvalue weighted by Gasteiger charge is -2.25. The summed E-state index contributed by atoms with van der Waals surface area (Å²) in [6.45, 7) is -0.0483. The molecule has 0 fully saturated rings. The third-order valence-corrected chi connectivity index (χ3v) is 4.89. The zero-order chi connectivity index (χ0) is 23.1. The van der Waals surface area contributed by atoms with Crippen LogP contribution in [-0.2, 0) is 11.2 Å². The number of nitrogens with two attached hydrogens (primary N) is 2. The summed E-state index contributed by atoms with van der Waals surface area (Å²) in [5.74, 6) is 4.45. The van der Waals surface area contributed by atoms with Crippen LogP contribution in [0.15, 0.2) is 78.6 Å². The highest BCUT2D eigenvalue weighted by atomic mass is 19.1. The molecule has 0 aliphatic carbocycles. The fourth-order valence-corrected chi connectivity index (χ4v) is 3.21. The maximum Gasteiger partial charge on any atom is 0.267 e. The first-order valence-corrected chi connectivity index (χ1v) is 9.82. The summed E-state index contributed by atoms with van der Waals surface area (Å²) in [6, 6.07) is 17.7. The number of halogens is 1. The Morgan fingerprint density at radius 2 is 1.75 bits per heavy atom. The lowest BCUT2D eigenvalue weighted by atomic mass is 10.0. The monoisotopic (exact) mass is 437 g/mol. The molecule has 0 heterocycles. The zero-order valence-electron chi connectivity index (χ0n) is 17.2. The van der Waals surface area contributed by atoms with Gasteiger partial charge in [-0.2, -0.15) is 0 Å². The molecule has 2 amide bonds. The third-order valence-electron chi connectivity index (χ3n) is 4.89. The van der Waals surface area contributed by atoms with E-state index >= 15 is 0 Å². The van der Waals surface area contributed by atoms with Gasteiger partial charge in [0.1, 0.15) is 11.9 Å². The highest BCUT2D eigenvalue weighted by Gasteiger charge is 2.23. The SMILES string of the molecule is N/C(=C\N(N)C(Cc1ccc2ccccc2c1)C(=O)NO)CNC(=O)c1ccc(F)cc1. The first-order chi connectivity index (χ1) is 15.4. The van der Waals surface area contributed by atoms with Gasteiger partial charge in [0.05, 0.1) is 6.54 Å². The molecule has 0 aromatic heterocycles. The number of carbonyl (C=O) groups is 2. The van der Waals surface area contributed by atoms with E-state index in [-0.39, 0.29) is 24.2 Å². The standard InChI is InChI=1S/C23H24FN5O3/c24-19-9-7-17(8-10-19)22(30)27-13-20(25)14-29(26)21(23(31)28-32)12-15-5-6-16-3-1-2-4-18(16)11-15/h1-11,14,21,32H,12-13,25-26H2,(H,27,30)(H,28,31)/b20-14-. The molecule has 0 aliphatic heterocycles. The van der Waals surface area contributed by atoms with Crippen LogP contribution in [0.5, 0.6) is 0 Å². The number of hydrazine groups is 1. The number of carbonyl (C=O) groups excluding carboxylic acids is 2. The Kier molecular flexibility index (Phi) is 7.37. The van der Waals surface area contributed by atoms with Gasteiger partial charge in [0.25, 0.3) is 11.8 Å². The van der Waals surface area contributed by atoms with E-state index in [0.717, 1.165) is 21.3 Å². The summed E-state index contributed by atoms with van der Waals surface area (Å²) in [5.41, 5.74) is 8.86. The Balaban J connectivity index is 1.67. The second kappa shape index (κ2) is 10.4. The van der Waals surface area contributed by atoms with E-state index in [0.29, 0.717) is 0 Å². The molecule has 1 unspecified atom stereocenters. The molecule has 166 valence electrons. The van der Waals surface area contributed by atoms with Crippen LogP contribution in [0.3, 0.4) is 0 Å². The van der Waals surface area contributed by atoms with Crippen molar-refractivity contribution < 1.29 is 19.2 Å². The highest BCUT2D eigenvalue weighted by molar-refractivity contribution is 5.94. The number of nitrogens with zero attached hydrogens (tertiary/aromatic N) is 1. The van der Waals surface area contributed by atoms with Gasteiger partial charge in [0.2, 0.25) is 0 Å². The molecule has 32 heavy (non-hydrogen) atoms. The molecule has 0 saturated heterocycles. The van der Waals surface area contributed by atoms with Crippen molar-refractivity contribution in [2.24, 2.45) is 11.6 Å². The van der Waals surface area contributed by atoms with Crippen LogP contribution in [-0.4, -0.2) is 34.6 Å². The molecule has 0 spiro atoms. The van der Waals surface area contributed by atoms with Crippen LogP contribution in [0.2, 0.25) is 0 Å². The average molecular weight is 437 g/mol. The van der Waals surface area contributed by atoms with Gasteiger partial charge in [0.15, 0.2) is 0 Å². The predicted octanol–water partition coefficient (Wildman–Crippen LogP) is 1.80. The quantitative estimate of drug-likeness (QED) is 0.207. The van der Waals surface area contributed by atoms with Gasteiger partial charge < -0.3 is 16.1 Å². The fourth-order valence-electron chi connectivity index (χ4n) is 3.21. The number of amides is 2. The molecule has 3 rings (SSSR count). The molecule has 7 N–H and O–H groups in total. The molecule has 3 aromatic carbocycles. The molecule has 0 aliphatic rings. The molecule has 0 saturated carbocycles. The van der Waals surface area contributed by atoms with E-state index in [1.54, 1.807) is 5.48 Å². The predicted molar refractivity (Wildman–Crippen MR) is 118 cm³/mol. The van der Waals surface area contributed by atoms with Crippen LogP contribution in [0.1, 0.15) is 15.9 Å². The second-order valence-corrected chi connectivity index (χ2v) is 7.22. The third kappa shape index (κ3) is 5.81. The second-order valence-electron chi connectivity index (χ2n) is 7.22.